The van der Waals surface area contributed by atoms with Gasteiger partial charge in [0.05, 0.1) is 17.0 Å². The van der Waals surface area contributed by atoms with E-state index in [4.69, 9.17) is 0 Å². The van der Waals surface area contributed by atoms with Gasteiger partial charge in [-0.2, -0.15) is 0 Å². The number of hydrogen-bond acceptors (Lipinski definition) is 4. The third-order valence-electron chi connectivity index (χ3n) is 5.24. The van der Waals surface area contributed by atoms with Crippen LogP contribution in [0.4, 0.5) is 0 Å². The Morgan fingerprint density at radius 3 is 2.59 bits per heavy atom. The highest BCUT2D eigenvalue weighted by Crippen LogP contribution is 2.35. The van der Waals surface area contributed by atoms with Gasteiger partial charge in [0, 0.05) is 31.4 Å². The number of amides is 1. The summed E-state index contributed by atoms with van der Waals surface area (Å²) in [5.74, 6) is -1.94. The molecule has 1 aliphatic heterocycles. The predicted molar refractivity (Wildman–Crippen MR) is 100 cm³/mol. The number of carbonyl (C=O) groups excluding carboxylic acids is 1. The SMILES string of the molecule is Cc1ccccc1[C@@H]1CN(C(=O)c2cccc3nccnc23)C[C@H]1C(=O)O. The quantitative estimate of drug-likeness (QED) is 0.775. The molecule has 0 radical (unpaired) electrons. The van der Waals surface area contributed by atoms with Crippen molar-refractivity contribution in [3.05, 3.63) is 71.5 Å². The Hall–Kier alpha value is -3.28. The summed E-state index contributed by atoms with van der Waals surface area (Å²) in [6, 6.07) is 13.1. The number of aliphatic carboxylic acids is 1. The number of nitrogens with zero attached hydrogens (tertiary/aromatic N) is 3. The Labute approximate surface area is 156 Å². The van der Waals surface area contributed by atoms with E-state index in [0.717, 1.165) is 11.1 Å². The van der Waals surface area contributed by atoms with Crippen LogP contribution in [0.1, 0.15) is 27.4 Å². The maximum atomic E-state index is 13.2. The number of rotatable bonds is 3. The van der Waals surface area contributed by atoms with Gasteiger partial charge >= 0.3 is 5.97 Å². The van der Waals surface area contributed by atoms with E-state index in [0.29, 0.717) is 23.1 Å². The molecular formula is C21H19N3O3. The number of aromatic nitrogens is 2. The summed E-state index contributed by atoms with van der Waals surface area (Å²) in [6.45, 7) is 2.53. The highest BCUT2D eigenvalue weighted by Gasteiger charge is 2.41. The molecule has 136 valence electrons. The van der Waals surface area contributed by atoms with Crippen molar-refractivity contribution in [2.75, 3.05) is 13.1 Å². The largest absolute Gasteiger partial charge is 0.481 e. The van der Waals surface area contributed by atoms with E-state index < -0.39 is 11.9 Å². The number of carbonyl (C=O) groups is 2. The number of para-hydroxylation sites is 1. The fourth-order valence-corrected chi connectivity index (χ4v) is 3.87. The van der Waals surface area contributed by atoms with Crippen LogP contribution in [0.25, 0.3) is 11.0 Å². The number of hydrogen-bond donors (Lipinski definition) is 1. The van der Waals surface area contributed by atoms with Gasteiger partial charge in [0.15, 0.2) is 0 Å². The lowest BCUT2D eigenvalue weighted by Gasteiger charge is -2.18. The van der Waals surface area contributed by atoms with Gasteiger partial charge in [-0.05, 0) is 30.2 Å². The number of carboxylic acid groups (broad SMARTS) is 1. The molecule has 1 fully saturated rings. The van der Waals surface area contributed by atoms with Gasteiger partial charge < -0.3 is 10.0 Å². The van der Waals surface area contributed by atoms with Crippen LogP contribution in [-0.2, 0) is 4.79 Å². The molecule has 6 heteroatoms. The van der Waals surface area contributed by atoms with Crippen molar-refractivity contribution in [1.29, 1.82) is 0 Å². The maximum absolute atomic E-state index is 13.2. The summed E-state index contributed by atoms with van der Waals surface area (Å²) in [4.78, 5) is 35.2. The maximum Gasteiger partial charge on any atom is 0.308 e. The summed E-state index contributed by atoms with van der Waals surface area (Å²) in [5, 5.41) is 9.72. The normalized spacial score (nSPS) is 19.4. The van der Waals surface area contributed by atoms with Crippen LogP contribution in [-0.4, -0.2) is 44.9 Å². The van der Waals surface area contributed by atoms with Crippen LogP contribution in [0.2, 0.25) is 0 Å². The second-order valence-electron chi connectivity index (χ2n) is 6.85. The van der Waals surface area contributed by atoms with Gasteiger partial charge in [0.1, 0.15) is 5.52 Å². The topological polar surface area (TPSA) is 83.4 Å². The molecule has 4 rings (SSSR count). The van der Waals surface area contributed by atoms with Crippen molar-refractivity contribution in [1.82, 2.24) is 14.9 Å². The molecule has 1 N–H and O–H groups in total. The third kappa shape index (κ3) is 3.03. The summed E-state index contributed by atoms with van der Waals surface area (Å²) in [6.07, 6.45) is 3.14. The zero-order valence-electron chi connectivity index (χ0n) is 14.9. The highest BCUT2D eigenvalue weighted by molar-refractivity contribution is 6.05. The Morgan fingerprint density at radius 2 is 1.81 bits per heavy atom. The van der Waals surface area contributed by atoms with E-state index >= 15 is 0 Å². The first-order valence-electron chi connectivity index (χ1n) is 8.83. The molecule has 1 saturated heterocycles. The fraction of sp³-hybridized carbons (Fsp3) is 0.238. The van der Waals surface area contributed by atoms with Crippen molar-refractivity contribution >= 4 is 22.9 Å². The molecular weight excluding hydrogens is 342 g/mol. The molecule has 3 aromatic rings. The van der Waals surface area contributed by atoms with Crippen molar-refractivity contribution in [2.45, 2.75) is 12.8 Å². The molecule has 2 aromatic carbocycles. The molecule has 2 heterocycles. The first-order valence-corrected chi connectivity index (χ1v) is 8.83. The second kappa shape index (κ2) is 6.79. The minimum Gasteiger partial charge on any atom is -0.481 e. The number of carboxylic acids is 1. The third-order valence-corrected chi connectivity index (χ3v) is 5.24. The van der Waals surface area contributed by atoms with Crippen LogP contribution < -0.4 is 0 Å². The predicted octanol–water partition coefficient (Wildman–Crippen LogP) is 2.88. The van der Waals surface area contributed by atoms with E-state index in [2.05, 4.69) is 9.97 Å². The molecule has 1 aromatic heterocycles. The van der Waals surface area contributed by atoms with Gasteiger partial charge in [-0.25, -0.2) is 0 Å². The van der Waals surface area contributed by atoms with Gasteiger partial charge in [-0.15, -0.1) is 0 Å². The zero-order valence-corrected chi connectivity index (χ0v) is 14.9. The minimum absolute atomic E-state index is 0.184. The lowest BCUT2D eigenvalue weighted by Crippen LogP contribution is -2.30. The standard InChI is InChI=1S/C21H19N3O3/c1-13-5-2-3-6-14(13)16-11-24(12-17(16)21(26)27)20(25)15-7-4-8-18-19(15)23-10-9-22-18/h2-10,16-17H,11-12H2,1H3,(H,26,27)/t16-,17+/m0/s1. The van der Waals surface area contributed by atoms with E-state index in [1.54, 1.807) is 35.5 Å². The second-order valence-corrected chi connectivity index (χ2v) is 6.85. The van der Waals surface area contributed by atoms with Crippen LogP contribution >= 0.6 is 0 Å². The molecule has 0 saturated carbocycles. The summed E-state index contributed by atoms with van der Waals surface area (Å²) < 4.78 is 0. The molecule has 0 aliphatic carbocycles. The monoisotopic (exact) mass is 361 g/mol. The van der Waals surface area contributed by atoms with Crippen molar-refractivity contribution in [3.8, 4) is 0 Å². The van der Waals surface area contributed by atoms with Crippen molar-refractivity contribution in [2.24, 2.45) is 5.92 Å². The Kier molecular flexibility index (Phi) is 4.32. The van der Waals surface area contributed by atoms with Crippen LogP contribution in [0.5, 0.6) is 0 Å². The molecule has 0 unspecified atom stereocenters. The Bertz CT molecular complexity index is 1030. The lowest BCUT2D eigenvalue weighted by atomic mass is 9.86. The Balaban J connectivity index is 1.69. The van der Waals surface area contributed by atoms with Gasteiger partial charge in [0.25, 0.3) is 5.91 Å². The Morgan fingerprint density at radius 1 is 1.04 bits per heavy atom. The van der Waals surface area contributed by atoms with Crippen LogP contribution in [0.15, 0.2) is 54.9 Å². The van der Waals surface area contributed by atoms with Gasteiger partial charge in [-0.1, -0.05) is 30.3 Å². The van der Waals surface area contributed by atoms with Crippen molar-refractivity contribution in [3.63, 3.8) is 0 Å². The van der Waals surface area contributed by atoms with Gasteiger partial charge in [-0.3, -0.25) is 19.6 Å². The summed E-state index contributed by atoms with van der Waals surface area (Å²) in [7, 11) is 0. The minimum atomic E-state index is -0.878. The van der Waals surface area contributed by atoms with E-state index in [-0.39, 0.29) is 18.4 Å². The molecule has 0 spiro atoms. The van der Waals surface area contributed by atoms with Gasteiger partial charge in [0.2, 0.25) is 0 Å². The average Bonchev–Trinajstić information content (AvgIpc) is 3.13. The smallest absolute Gasteiger partial charge is 0.308 e. The molecule has 6 nitrogen and oxygen atoms in total. The first-order chi connectivity index (χ1) is 13.1. The number of aryl methyl sites for hydroxylation is 1. The molecule has 0 bridgehead atoms. The molecule has 27 heavy (non-hydrogen) atoms. The zero-order chi connectivity index (χ0) is 19.0. The van der Waals surface area contributed by atoms with Crippen LogP contribution in [0.3, 0.4) is 0 Å². The van der Waals surface area contributed by atoms with Crippen LogP contribution in [0, 0.1) is 12.8 Å². The summed E-state index contributed by atoms with van der Waals surface area (Å²) in [5.41, 5.74) is 3.66. The van der Waals surface area contributed by atoms with Crippen molar-refractivity contribution < 1.29 is 14.7 Å². The number of fused-ring (bicyclic) bond motifs is 1. The van der Waals surface area contributed by atoms with E-state index in [9.17, 15) is 14.7 Å². The van der Waals surface area contributed by atoms with E-state index in [1.807, 2.05) is 31.2 Å². The highest BCUT2D eigenvalue weighted by atomic mass is 16.4. The molecule has 1 amide bonds. The summed E-state index contributed by atoms with van der Waals surface area (Å²) >= 11 is 0. The average molecular weight is 361 g/mol. The number of likely N-dealkylation sites (tertiary alicyclic amines) is 1. The molecule has 2 atom stereocenters. The van der Waals surface area contributed by atoms with E-state index in [1.165, 1.54) is 0 Å². The number of benzene rings is 2. The molecule has 1 aliphatic rings. The first kappa shape index (κ1) is 17.1. The fourth-order valence-electron chi connectivity index (χ4n) is 3.87. The lowest BCUT2D eigenvalue weighted by molar-refractivity contribution is -0.141.